The first-order valence-corrected chi connectivity index (χ1v) is 6.91. The van der Waals surface area contributed by atoms with Gasteiger partial charge in [0.2, 0.25) is 0 Å². The number of hydrogen-bond acceptors (Lipinski definition) is 3. The minimum atomic E-state index is -0.0897. The minimum absolute atomic E-state index is 0.0897. The molecule has 1 saturated heterocycles. The molecule has 0 radical (unpaired) electrons. The summed E-state index contributed by atoms with van der Waals surface area (Å²) in [5.74, 6) is 0. The third-order valence-electron chi connectivity index (χ3n) is 4.65. The summed E-state index contributed by atoms with van der Waals surface area (Å²) in [6.07, 6.45) is 8.85. The van der Waals surface area contributed by atoms with Crippen LogP contribution in [0.4, 0.5) is 0 Å². The fourth-order valence-electron chi connectivity index (χ4n) is 3.85. The molecule has 4 unspecified atom stereocenters. The number of morpholine rings is 1. The van der Waals surface area contributed by atoms with Gasteiger partial charge in [0.05, 0.1) is 18.8 Å². The highest BCUT2D eigenvalue weighted by atomic mass is 16.5. The standard InChI is InChI=1S/C13H23NO2/c15-12-6-2-1-4-10(12)14-8-9-16-13-7-3-5-11(13)14/h10-13,15H,1-9H2. The van der Waals surface area contributed by atoms with Gasteiger partial charge in [-0.25, -0.2) is 0 Å². The van der Waals surface area contributed by atoms with Gasteiger partial charge < -0.3 is 9.84 Å². The Morgan fingerprint density at radius 2 is 1.75 bits per heavy atom. The van der Waals surface area contributed by atoms with E-state index in [1.807, 2.05) is 0 Å². The Hall–Kier alpha value is -0.120. The summed E-state index contributed by atoms with van der Waals surface area (Å²) >= 11 is 0. The average molecular weight is 225 g/mol. The second-order valence-electron chi connectivity index (χ2n) is 5.56. The lowest BCUT2D eigenvalue weighted by Crippen LogP contribution is -2.57. The summed E-state index contributed by atoms with van der Waals surface area (Å²) in [6, 6.07) is 1.02. The predicted molar refractivity (Wildman–Crippen MR) is 62.3 cm³/mol. The van der Waals surface area contributed by atoms with Gasteiger partial charge in [-0.15, -0.1) is 0 Å². The van der Waals surface area contributed by atoms with Crippen LogP contribution in [0.2, 0.25) is 0 Å². The normalized spacial score (nSPS) is 45.6. The molecule has 0 aromatic rings. The molecule has 2 aliphatic carbocycles. The Balaban J connectivity index is 1.71. The minimum Gasteiger partial charge on any atom is -0.391 e. The molecule has 3 nitrogen and oxygen atoms in total. The SMILES string of the molecule is OC1CCCCC1N1CCOC2CCCC21. The molecule has 1 heterocycles. The van der Waals surface area contributed by atoms with E-state index in [0.717, 1.165) is 19.6 Å². The van der Waals surface area contributed by atoms with Gasteiger partial charge >= 0.3 is 0 Å². The van der Waals surface area contributed by atoms with E-state index in [1.54, 1.807) is 0 Å². The zero-order valence-electron chi connectivity index (χ0n) is 9.98. The van der Waals surface area contributed by atoms with Crippen LogP contribution in [0.3, 0.4) is 0 Å². The molecule has 0 amide bonds. The van der Waals surface area contributed by atoms with E-state index in [9.17, 15) is 5.11 Å². The molecule has 4 atom stereocenters. The first-order valence-electron chi connectivity index (χ1n) is 6.91. The van der Waals surface area contributed by atoms with E-state index < -0.39 is 0 Å². The molecule has 3 aliphatic rings. The lowest BCUT2D eigenvalue weighted by molar-refractivity contribution is -0.0990. The van der Waals surface area contributed by atoms with Crippen molar-refractivity contribution in [1.29, 1.82) is 0 Å². The zero-order chi connectivity index (χ0) is 11.0. The maximum Gasteiger partial charge on any atom is 0.0731 e. The molecule has 3 fully saturated rings. The van der Waals surface area contributed by atoms with E-state index >= 15 is 0 Å². The van der Waals surface area contributed by atoms with Crippen LogP contribution in [0, 0.1) is 0 Å². The molecular weight excluding hydrogens is 202 g/mol. The Morgan fingerprint density at radius 1 is 0.938 bits per heavy atom. The molecular formula is C13H23NO2. The average Bonchev–Trinajstić information content (AvgIpc) is 2.77. The van der Waals surface area contributed by atoms with Crippen LogP contribution in [0.1, 0.15) is 44.9 Å². The van der Waals surface area contributed by atoms with Gasteiger partial charge in [0.25, 0.3) is 0 Å². The van der Waals surface area contributed by atoms with E-state index in [4.69, 9.17) is 4.74 Å². The maximum atomic E-state index is 10.2. The first-order chi connectivity index (χ1) is 7.86. The molecule has 0 aromatic heterocycles. The third-order valence-corrected chi connectivity index (χ3v) is 4.65. The molecule has 0 bridgehead atoms. The second kappa shape index (κ2) is 4.63. The van der Waals surface area contributed by atoms with Gasteiger partial charge in [0.15, 0.2) is 0 Å². The lowest BCUT2D eigenvalue weighted by atomic mass is 9.89. The van der Waals surface area contributed by atoms with Gasteiger partial charge in [-0.2, -0.15) is 0 Å². The van der Waals surface area contributed by atoms with Crippen molar-refractivity contribution < 1.29 is 9.84 Å². The molecule has 0 aromatic carbocycles. The van der Waals surface area contributed by atoms with Crippen molar-refractivity contribution in [2.24, 2.45) is 0 Å². The molecule has 1 N–H and O–H groups in total. The maximum absolute atomic E-state index is 10.2. The van der Waals surface area contributed by atoms with Crippen LogP contribution in [-0.2, 0) is 4.74 Å². The van der Waals surface area contributed by atoms with E-state index in [0.29, 0.717) is 18.2 Å². The Labute approximate surface area is 97.8 Å². The highest BCUT2D eigenvalue weighted by molar-refractivity contribution is 4.95. The molecule has 3 heteroatoms. The number of rotatable bonds is 1. The highest BCUT2D eigenvalue weighted by Gasteiger charge is 2.41. The zero-order valence-corrected chi connectivity index (χ0v) is 9.98. The lowest BCUT2D eigenvalue weighted by Gasteiger charge is -2.45. The molecule has 3 rings (SSSR count). The molecule has 1 aliphatic heterocycles. The Kier molecular flexibility index (Phi) is 3.18. The van der Waals surface area contributed by atoms with E-state index in [1.165, 1.54) is 38.5 Å². The largest absolute Gasteiger partial charge is 0.391 e. The highest BCUT2D eigenvalue weighted by Crippen LogP contribution is 2.34. The van der Waals surface area contributed by atoms with Gasteiger partial charge in [0.1, 0.15) is 0 Å². The van der Waals surface area contributed by atoms with Gasteiger partial charge in [-0.05, 0) is 32.1 Å². The fourth-order valence-corrected chi connectivity index (χ4v) is 3.85. The van der Waals surface area contributed by atoms with Crippen LogP contribution in [0.25, 0.3) is 0 Å². The van der Waals surface area contributed by atoms with Crippen molar-refractivity contribution in [2.45, 2.75) is 69.2 Å². The molecule has 0 spiro atoms. The summed E-state index contributed by atoms with van der Waals surface area (Å²) < 4.78 is 5.83. The van der Waals surface area contributed by atoms with Crippen molar-refractivity contribution in [3.05, 3.63) is 0 Å². The number of ether oxygens (including phenoxy) is 1. The van der Waals surface area contributed by atoms with Crippen LogP contribution in [0.15, 0.2) is 0 Å². The third kappa shape index (κ3) is 1.89. The second-order valence-corrected chi connectivity index (χ2v) is 5.56. The summed E-state index contributed by atoms with van der Waals surface area (Å²) in [5, 5.41) is 10.2. The van der Waals surface area contributed by atoms with Crippen LogP contribution in [-0.4, -0.2) is 47.4 Å². The number of fused-ring (bicyclic) bond motifs is 1. The van der Waals surface area contributed by atoms with Gasteiger partial charge in [-0.3, -0.25) is 4.90 Å². The van der Waals surface area contributed by atoms with Crippen molar-refractivity contribution >= 4 is 0 Å². The summed E-state index contributed by atoms with van der Waals surface area (Å²) in [6.45, 7) is 1.90. The van der Waals surface area contributed by atoms with Crippen LogP contribution in [0.5, 0.6) is 0 Å². The fraction of sp³-hybridized carbons (Fsp3) is 1.00. The summed E-state index contributed by atoms with van der Waals surface area (Å²) in [5.41, 5.74) is 0. The number of nitrogens with zero attached hydrogens (tertiary/aromatic N) is 1. The van der Waals surface area contributed by atoms with E-state index in [-0.39, 0.29) is 6.10 Å². The quantitative estimate of drug-likeness (QED) is 0.735. The smallest absolute Gasteiger partial charge is 0.0731 e. The monoisotopic (exact) mass is 225 g/mol. The number of aliphatic hydroxyl groups excluding tert-OH is 1. The first kappa shape index (κ1) is 11.0. The molecule has 16 heavy (non-hydrogen) atoms. The predicted octanol–water partition coefficient (Wildman–Crippen LogP) is 1.54. The number of hydrogen-bond donors (Lipinski definition) is 1. The molecule has 92 valence electrons. The summed E-state index contributed by atoms with van der Waals surface area (Å²) in [7, 11) is 0. The van der Waals surface area contributed by atoms with E-state index in [2.05, 4.69) is 4.90 Å². The topological polar surface area (TPSA) is 32.7 Å². The van der Waals surface area contributed by atoms with Crippen LogP contribution < -0.4 is 0 Å². The Morgan fingerprint density at radius 3 is 2.62 bits per heavy atom. The summed E-state index contributed by atoms with van der Waals surface area (Å²) in [4.78, 5) is 2.57. The van der Waals surface area contributed by atoms with Crippen LogP contribution >= 0.6 is 0 Å². The van der Waals surface area contributed by atoms with Gasteiger partial charge in [0, 0.05) is 18.6 Å². The van der Waals surface area contributed by atoms with Crippen molar-refractivity contribution in [3.63, 3.8) is 0 Å². The van der Waals surface area contributed by atoms with Crippen molar-refractivity contribution in [1.82, 2.24) is 4.90 Å². The van der Waals surface area contributed by atoms with Crippen molar-refractivity contribution in [2.75, 3.05) is 13.2 Å². The molecule has 2 saturated carbocycles. The number of aliphatic hydroxyl groups is 1. The van der Waals surface area contributed by atoms with Gasteiger partial charge in [-0.1, -0.05) is 12.8 Å². The van der Waals surface area contributed by atoms with Crippen molar-refractivity contribution in [3.8, 4) is 0 Å². The Bertz CT molecular complexity index is 246.